The zero-order valence-electron chi connectivity index (χ0n) is 11.8. The van der Waals surface area contributed by atoms with Crippen molar-refractivity contribution in [2.45, 2.75) is 12.7 Å². The maximum absolute atomic E-state index is 13.6. The van der Waals surface area contributed by atoms with Crippen molar-refractivity contribution in [2.75, 3.05) is 26.7 Å². The summed E-state index contributed by atoms with van der Waals surface area (Å²) in [6, 6.07) is 4.21. The van der Waals surface area contributed by atoms with Gasteiger partial charge in [0.05, 0.1) is 12.5 Å². The van der Waals surface area contributed by atoms with Crippen LogP contribution in [-0.2, 0) is 11.3 Å². The summed E-state index contributed by atoms with van der Waals surface area (Å²) >= 11 is 5.88. The smallest absolute Gasteiger partial charge is 0.340 e. The Morgan fingerprint density at radius 3 is 2.59 bits per heavy atom. The molecule has 1 aromatic carbocycles. The average molecular weight is 339 g/mol. The first kappa shape index (κ1) is 17.0. The molecule has 0 N–H and O–H groups in total. The van der Waals surface area contributed by atoms with Gasteiger partial charge in [-0.1, -0.05) is 17.7 Å². The minimum absolute atomic E-state index is 0.0269. The Morgan fingerprint density at radius 2 is 2.05 bits per heavy atom. The molecule has 1 aromatic rings. The van der Waals surface area contributed by atoms with Crippen molar-refractivity contribution < 1.29 is 22.4 Å². The van der Waals surface area contributed by atoms with Crippen LogP contribution < -0.4 is 0 Å². The van der Waals surface area contributed by atoms with Crippen molar-refractivity contribution >= 4 is 17.5 Å². The largest absolute Gasteiger partial charge is 0.394 e. The minimum atomic E-state index is -4.22. The highest BCUT2D eigenvalue weighted by atomic mass is 35.5. The lowest BCUT2D eigenvalue weighted by Gasteiger charge is -2.40. The number of halogens is 5. The molecule has 0 saturated carbocycles. The van der Waals surface area contributed by atoms with Crippen LogP contribution in [0.5, 0.6) is 0 Å². The number of benzene rings is 1. The van der Waals surface area contributed by atoms with Crippen molar-refractivity contribution in [3.8, 4) is 0 Å². The Balaban J connectivity index is 1.86. The number of likely N-dealkylation sites (N-methyl/N-ethyl adjacent to an activating group) is 1. The second kappa shape index (κ2) is 6.42. The second-order valence-electron chi connectivity index (χ2n) is 5.38. The van der Waals surface area contributed by atoms with Crippen LogP contribution in [0.1, 0.15) is 5.56 Å². The van der Waals surface area contributed by atoms with Gasteiger partial charge in [-0.15, -0.1) is 0 Å². The molecule has 0 bridgehead atoms. The number of rotatable bonds is 4. The summed E-state index contributed by atoms with van der Waals surface area (Å²) in [4.78, 5) is 14.6. The predicted octanol–water partition coefficient (Wildman–Crippen LogP) is 2.93. The molecule has 22 heavy (non-hydrogen) atoms. The fourth-order valence-electron chi connectivity index (χ4n) is 2.23. The molecule has 0 radical (unpaired) electrons. The molecule has 0 unspecified atom stereocenters. The van der Waals surface area contributed by atoms with E-state index in [9.17, 15) is 22.4 Å². The third-order valence-corrected chi connectivity index (χ3v) is 4.02. The first-order chi connectivity index (χ1) is 10.2. The van der Waals surface area contributed by atoms with E-state index in [4.69, 9.17) is 11.6 Å². The third kappa shape index (κ3) is 3.89. The number of likely N-dealkylation sites (tertiary alicyclic amines) is 1. The van der Waals surface area contributed by atoms with Gasteiger partial charge in [0.2, 0.25) is 5.91 Å². The zero-order chi connectivity index (χ0) is 16.5. The van der Waals surface area contributed by atoms with Gasteiger partial charge in [0.1, 0.15) is 5.82 Å². The van der Waals surface area contributed by atoms with E-state index < -0.39 is 17.9 Å². The topological polar surface area (TPSA) is 23.6 Å². The summed E-state index contributed by atoms with van der Waals surface area (Å²) < 4.78 is 50.7. The Bertz CT molecular complexity index is 538. The molecule has 1 aliphatic rings. The third-order valence-electron chi connectivity index (χ3n) is 3.66. The number of alkyl halides is 3. The molecule has 0 aliphatic carbocycles. The minimum Gasteiger partial charge on any atom is -0.340 e. The molecule has 1 heterocycles. The molecule has 1 saturated heterocycles. The highest BCUT2D eigenvalue weighted by Crippen LogP contribution is 2.33. The quantitative estimate of drug-likeness (QED) is 0.788. The molecule has 1 amide bonds. The highest BCUT2D eigenvalue weighted by molar-refractivity contribution is 6.31. The van der Waals surface area contributed by atoms with Gasteiger partial charge in [-0.05, 0) is 12.1 Å². The van der Waals surface area contributed by atoms with E-state index in [0.717, 1.165) is 0 Å². The van der Waals surface area contributed by atoms with E-state index in [1.165, 1.54) is 35.0 Å². The summed E-state index contributed by atoms with van der Waals surface area (Å²) in [7, 11) is 1.46. The number of hydrogen-bond acceptors (Lipinski definition) is 2. The van der Waals surface area contributed by atoms with Gasteiger partial charge in [0.15, 0.2) is 0 Å². The fourth-order valence-corrected chi connectivity index (χ4v) is 2.45. The van der Waals surface area contributed by atoms with Crippen molar-refractivity contribution in [2.24, 2.45) is 5.92 Å². The van der Waals surface area contributed by atoms with Crippen LogP contribution in [0.4, 0.5) is 17.6 Å². The molecule has 0 atom stereocenters. The zero-order valence-corrected chi connectivity index (χ0v) is 12.6. The Hall–Kier alpha value is -1.34. The Kier molecular flexibility index (Phi) is 4.97. The number of carbonyl (C=O) groups excluding carboxylic acids is 1. The molecule has 0 aromatic heterocycles. The average Bonchev–Trinajstić information content (AvgIpc) is 2.35. The van der Waals surface area contributed by atoms with Crippen LogP contribution in [0.3, 0.4) is 0 Å². The van der Waals surface area contributed by atoms with Gasteiger partial charge in [0.25, 0.3) is 0 Å². The number of amides is 1. The van der Waals surface area contributed by atoms with E-state index in [1.807, 2.05) is 0 Å². The number of carbonyl (C=O) groups is 1. The van der Waals surface area contributed by atoms with E-state index in [2.05, 4.69) is 0 Å². The highest BCUT2D eigenvalue weighted by Gasteiger charge is 2.47. The van der Waals surface area contributed by atoms with E-state index >= 15 is 0 Å². The van der Waals surface area contributed by atoms with Crippen molar-refractivity contribution in [1.29, 1.82) is 0 Å². The summed E-state index contributed by atoms with van der Waals surface area (Å²) in [6.45, 7) is -0.497. The van der Waals surface area contributed by atoms with Gasteiger partial charge in [-0.2, -0.15) is 13.2 Å². The lowest BCUT2D eigenvalue weighted by atomic mass is 10.00. The molecule has 8 heteroatoms. The standard InChI is InChI=1S/C14H15ClF4N2O/c1-20(7-10-11(15)3-2-4-12(10)16)13(22)8-21-5-9(6-21)14(17,18)19/h2-4,9H,5-8H2,1H3. The first-order valence-electron chi connectivity index (χ1n) is 6.64. The van der Waals surface area contributed by atoms with Gasteiger partial charge in [-0.3, -0.25) is 9.69 Å². The maximum atomic E-state index is 13.6. The molecule has 1 aliphatic heterocycles. The van der Waals surface area contributed by atoms with Crippen molar-refractivity contribution in [3.63, 3.8) is 0 Å². The normalized spacial score (nSPS) is 16.5. The predicted molar refractivity (Wildman–Crippen MR) is 73.9 cm³/mol. The van der Waals surface area contributed by atoms with Crippen molar-refractivity contribution in [3.05, 3.63) is 34.6 Å². The first-order valence-corrected chi connectivity index (χ1v) is 7.02. The fraction of sp³-hybridized carbons (Fsp3) is 0.500. The molecule has 2 rings (SSSR count). The summed E-state index contributed by atoms with van der Waals surface area (Å²) in [5.74, 6) is -2.26. The van der Waals surface area contributed by atoms with Gasteiger partial charge >= 0.3 is 6.18 Å². The Labute approximate surface area is 130 Å². The molecule has 3 nitrogen and oxygen atoms in total. The van der Waals surface area contributed by atoms with Gasteiger partial charge < -0.3 is 4.90 Å². The summed E-state index contributed by atoms with van der Waals surface area (Å²) in [5.41, 5.74) is 0.191. The van der Waals surface area contributed by atoms with E-state index in [0.29, 0.717) is 0 Å². The van der Waals surface area contributed by atoms with E-state index in [-0.39, 0.29) is 42.7 Å². The van der Waals surface area contributed by atoms with Crippen LogP contribution in [0.2, 0.25) is 5.02 Å². The SMILES string of the molecule is CN(Cc1c(F)cccc1Cl)C(=O)CN1CC(C(F)(F)F)C1. The number of hydrogen-bond donors (Lipinski definition) is 0. The molecule has 0 spiro atoms. The number of nitrogens with zero attached hydrogens (tertiary/aromatic N) is 2. The van der Waals surface area contributed by atoms with Crippen LogP contribution in [0.15, 0.2) is 18.2 Å². The lowest BCUT2D eigenvalue weighted by Crippen LogP contribution is -2.55. The Morgan fingerprint density at radius 1 is 1.41 bits per heavy atom. The molecule has 122 valence electrons. The lowest BCUT2D eigenvalue weighted by molar-refractivity contribution is -0.209. The van der Waals surface area contributed by atoms with Crippen LogP contribution in [-0.4, -0.2) is 48.6 Å². The van der Waals surface area contributed by atoms with Gasteiger partial charge in [-0.25, -0.2) is 4.39 Å². The monoisotopic (exact) mass is 338 g/mol. The maximum Gasteiger partial charge on any atom is 0.394 e. The summed E-state index contributed by atoms with van der Waals surface area (Å²) in [5, 5.41) is 0.209. The molecular weight excluding hydrogens is 324 g/mol. The second-order valence-corrected chi connectivity index (χ2v) is 5.79. The molecular formula is C14H15ClF4N2O. The van der Waals surface area contributed by atoms with Gasteiger partial charge in [0, 0.05) is 37.3 Å². The van der Waals surface area contributed by atoms with E-state index in [1.54, 1.807) is 0 Å². The summed E-state index contributed by atoms with van der Waals surface area (Å²) in [6.07, 6.45) is -4.22. The van der Waals surface area contributed by atoms with Crippen LogP contribution >= 0.6 is 11.6 Å². The van der Waals surface area contributed by atoms with Crippen LogP contribution in [0.25, 0.3) is 0 Å². The van der Waals surface area contributed by atoms with Crippen molar-refractivity contribution in [1.82, 2.24) is 9.80 Å². The van der Waals surface area contributed by atoms with Crippen LogP contribution in [0, 0.1) is 11.7 Å². The molecule has 1 fully saturated rings.